The van der Waals surface area contributed by atoms with Crippen LogP contribution in [0.4, 0.5) is 0 Å². The minimum absolute atomic E-state index is 0.0682. The summed E-state index contributed by atoms with van der Waals surface area (Å²) >= 11 is 0. The molecule has 0 aliphatic carbocycles. The number of rotatable bonds is 4. The van der Waals surface area contributed by atoms with Crippen LogP contribution in [0.2, 0.25) is 0 Å². The lowest BCUT2D eigenvalue weighted by atomic mass is 10.2. The zero-order valence-electron chi connectivity index (χ0n) is 7.93. The van der Waals surface area contributed by atoms with Crippen molar-refractivity contribution in [1.29, 1.82) is 0 Å². The third kappa shape index (κ3) is 3.24. The Hall–Kier alpha value is -0.150. The van der Waals surface area contributed by atoms with E-state index < -0.39 is 7.60 Å². The summed E-state index contributed by atoms with van der Waals surface area (Å²) in [5.41, 5.74) is 0. The highest BCUT2D eigenvalue weighted by molar-refractivity contribution is 7.57. The highest BCUT2D eigenvalue weighted by atomic mass is 31.2. The molecule has 0 unspecified atom stereocenters. The topological polar surface area (TPSA) is 44.8 Å². The Balaban J connectivity index is 2.49. The van der Waals surface area contributed by atoms with E-state index in [4.69, 9.17) is 13.8 Å². The van der Waals surface area contributed by atoms with Gasteiger partial charge in [-0.15, -0.1) is 0 Å². The molecule has 76 valence electrons. The fourth-order valence-electron chi connectivity index (χ4n) is 1.15. The van der Waals surface area contributed by atoms with E-state index in [0.717, 1.165) is 19.4 Å². The molecule has 0 aromatic rings. The molecule has 4 nitrogen and oxygen atoms in total. The molecule has 1 rings (SSSR count). The van der Waals surface area contributed by atoms with E-state index in [2.05, 4.69) is 0 Å². The van der Waals surface area contributed by atoms with Crippen LogP contribution in [0.1, 0.15) is 12.8 Å². The molecule has 1 atom stereocenters. The SMILES string of the molecule is COP(=O)(/C=C/[C@@H]1CCCO1)OC. The van der Waals surface area contributed by atoms with Gasteiger partial charge in [0.2, 0.25) is 0 Å². The molecule has 0 aromatic carbocycles. The fraction of sp³-hybridized carbons (Fsp3) is 0.750. The van der Waals surface area contributed by atoms with Crippen molar-refractivity contribution in [2.24, 2.45) is 0 Å². The molecule has 0 N–H and O–H groups in total. The molecule has 0 saturated carbocycles. The van der Waals surface area contributed by atoms with Crippen LogP contribution >= 0.6 is 7.60 Å². The number of hydrogen-bond acceptors (Lipinski definition) is 4. The average Bonchev–Trinajstić information content (AvgIpc) is 2.67. The van der Waals surface area contributed by atoms with Crippen LogP contribution in [0.25, 0.3) is 0 Å². The summed E-state index contributed by atoms with van der Waals surface area (Å²) in [7, 11) is -0.264. The number of hydrogen-bond donors (Lipinski definition) is 0. The Labute approximate surface area is 78.4 Å². The molecule has 13 heavy (non-hydrogen) atoms. The van der Waals surface area contributed by atoms with Gasteiger partial charge < -0.3 is 13.8 Å². The first-order chi connectivity index (χ1) is 6.20. The minimum atomic E-state index is -2.99. The summed E-state index contributed by atoms with van der Waals surface area (Å²) < 4.78 is 26.3. The average molecular weight is 206 g/mol. The molecule has 1 saturated heterocycles. The Morgan fingerprint density at radius 1 is 1.46 bits per heavy atom. The van der Waals surface area contributed by atoms with Crippen LogP contribution in [0, 0.1) is 0 Å². The highest BCUT2D eigenvalue weighted by Gasteiger charge is 2.18. The quantitative estimate of drug-likeness (QED) is 0.661. The molecule has 0 spiro atoms. The predicted molar refractivity (Wildman–Crippen MR) is 49.7 cm³/mol. The molecular formula is C8H15O4P. The normalized spacial score (nSPS) is 24.3. The maximum absolute atomic E-state index is 11.5. The van der Waals surface area contributed by atoms with Crippen LogP contribution in [0.15, 0.2) is 11.9 Å². The molecular weight excluding hydrogens is 191 g/mol. The zero-order valence-corrected chi connectivity index (χ0v) is 8.83. The lowest BCUT2D eigenvalue weighted by Crippen LogP contribution is -1.99. The van der Waals surface area contributed by atoms with Crippen molar-refractivity contribution >= 4 is 7.60 Å². The molecule has 0 amide bonds. The first-order valence-corrected chi connectivity index (χ1v) is 5.83. The first-order valence-electron chi connectivity index (χ1n) is 4.22. The molecule has 1 heterocycles. The second-order valence-corrected chi connectivity index (χ2v) is 4.91. The van der Waals surface area contributed by atoms with Crippen LogP contribution in [0.3, 0.4) is 0 Å². The van der Waals surface area contributed by atoms with Gasteiger partial charge in [0.1, 0.15) is 0 Å². The zero-order chi connectivity index (χ0) is 9.73. The van der Waals surface area contributed by atoms with Gasteiger partial charge in [-0.2, -0.15) is 0 Å². The van der Waals surface area contributed by atoms with Gasteiger partial charge in [0.05, 0.1) is 6.10 Å². The summed E-state index contributed by atoms with van der Waals surface area (Å²) in [6, 6.07) is 0. The standard InChI is InChI=1S/C8H15O4P/c1-10-13(9,11-2)7-5-8-4-3-6-12-8/h5,7-8H,3-4,6H2,1-2H3/b7-5+/t8-/m0/s1. The molecule has 5 heteroatoms. The first kappa shape index (κ1) is 10.9. The van der Waals surface area contributed by atoms with E-state index in [1.165, 1.54) is 20.0 Å². The summed E-state index contributed by atoms with van der Waals surface area (Å²) in [6.45, 7) is 0.777. The Morgan fingerprint density at radius 2 is 2.15 bits per heavy atom. The third-order valence-corrected chi connectivity index (χ3v) is 3.51. The summed E-state index contributed by atoms with van der Waals surface area (Å²) in [5, 5.41) is 0. The fourth-order valence-corrected chi connectivity index (χ4v) is 1.95. The van der Waals surface area contributed by atoms with Crippen molar-refractivity contribution < 1.29 is 18.3 Å². The second kappa shape index (κ2) is 4.91. The molecule has 1 aliphatic rings. The van der Waals surface area contributed by atoms with E-state index in [0.29, 0.717) is 0 Å². The minimum Gasteiger partial charge on any atom is -0.374 e. The summed E-state index contributed by atoms with van der Waals surface area (Å²) in [5.74, 6) is 1.46. The smallest absolute Gasteiger partial charge is 0.353 e. The largest absolute Gasteiger partial charge is 0.374 e. The summed E-state index contributed by atoms with van der Waals surface area (Å²) in [4.78, 5) is 0. The van der Waals surface area contributed by atoms with Crippen molar-refractivity contribution in [3.05, 3.63) is 11.9 Å². The van der Waals surface area contributed by atoms with Gasteiger partial charge in [-0.3, -0.25) is 4.57 Å². The Morgan fingerprint density at radius 3 is 2.62 bits per heavy atom. The van der Waals surface area contributed by atoms with Gasteiger partial charge in [0.25, 0.3) is 0 Å². The van der Waals surface area contributed by atoms with Crippen molar-refractivity contribution in [3.63, 3.8) is 0 Å². The molecule has 0 radical (unpaired) electrons. The van der Waals surface area contributed by atoms with Crippen LogP contribution in [0.5, 0.6) is 0 Å². The monoisotopic (exact) mass is 206 g/mol. The van der Waals surface area contributed by atoms with E-state index >= 15 is 0 Å². The molecule has 0 bridgehead atoms. The van der Waals surface area contributed by atoms with Crippen molar-refractivity contribution in [2.45, 2.75) is 18.9 Å². The highest BCUT2D eigenvalue weighted by Crippen LogP contribution is 2.48. The Bertz CT molecular complexity index is 212. The van der Waals surface area contributed by atoms with Crippen molar-refractivity contribution in [1.82, 2.24) is 0 Å². The molecule has 1 fully saturated rings. The van der Waals surface area contributed by atoms with Gasteiger partial charge in [0, 0.05) is 26.6 Å². The second-order valence-electron chi connectivity index (χ2n) is 2.80. The maximum Gasteiger partial charge on any atom is 0.353 e. The van der Waals surface area contributed by atoms with Gasteiger partial charge in [-0.1, -0.05) is 0 Å². The Kier molecular flexibility index (Phi) is 4.13. The maximum atomic E-state index is 11.5. The number of ether oxygens (including phenoxy) is 1. The van der Waals surface area contributed by atoms with Gasteiger partial charge in [-0.25, -0.2) is 0 Å². The van der Waals surface area contributed by atoms with E-state index in [-0.39, 0.29) is 6.10 Å². The van der Waals surface area contributed by atoms with Gasteiger partial charge >= 0.3 is 7.60 Å². The van der Waals surface area contributed by atoms with E-state index in [1.54, 1.807) is 6.08 Å². The lowest BCUT2D eigenvalue weighted by Gasteiger charge is -2.09. The van der Waals surface area contributed by atoms with Gasteiger partial charge in [-0.05, 0) is 18.9 Å². The van der Waals surface area contributed by atoms with Crippen molar-refractivity contribution in [3.8, 4) is 0 Å². The van der Waals surface area contributed by atoms with E-state index in [9.17, 15) is 4.57 Å². The molecule has 0 aromatic heterocycles. The van der Waals surface area contributed by atoms with Crippen LogP contribution in [-0.2, 0) is 18.3 Å². The predicted octanol–water partition coefficient (Wildman–Crippen LogP) is 2.17. The van der Waals surface area contributed by atoms with E-state index in [1.807, 2.05) is 0 Å². The van der Waals surface area contributed by atoms with Crippen LogP contribution in [-0.4, -0.2) is 26.9 Å². The lowest BCUT2D eigenvalue weighted by molar-refractivity contribution is 0.145. The molecule has 1 aliphatic heterocycles. The van der Waals surface area contributed by atoms with Crippen LogP contribution < -0.4 is 0 Å². The summed E-state index contributed by atoms with van der Waals surface area (Å²) in [6.07, 6.45) is 3.85. The van der Waals surface area contributed by atoms with Crippen molar-refractivity contribution in [2.75, 3.05) is 20.8 Å². The third-order valence-electron chi connectivity index (χ3n) is 1.96. The van der Waals surface area contributed by atoms with Gasteiger partial charge in [0.15, 0.2) is 0 Å².